The Bertz CT molecular complexity index is 599. The molecule has 1 aliphatic carbocycles. The molecule has 2 amide bonds. The van der Waals surface area contributed by atoms with Gasteiger partial charge in [0.05, 0.1) is 12.2 Å². The first-order valence-corrected chi connectivity index (χ1v) is 9.43. The van der Waals surface area contributed by atoms with Crippen LogP contribution in [0.1, 0.15) is 50.7 Å². The third-order valence-electron chi connectivity index (χ3n) is 4.82. The van der Waals surface area contributed by atoms with Crippen molar-refractivity contribution in [3.8, 4) is 5.75 Å². The van der Waals surface area contributed by atoms with E-state index in [0.717, 1.165) is 42.2 Å². The summed E-state index contributed by atoms with van der Waals surface area (Å²) < 4.78 is 11.7. The topological polar surface area (TPSA) is 59.6 Å². The van der Waals surface area contributed by atoms with Crippen LogP contribution in [0.15, 0.2) is 18.2 Å². The summed E-state index contributed by atoms with van der Waals surface area (Å²) in [7, 11) is 0. The van der Waals surface area contributed by atoms with Gasteiger partial charge in [-0.25, -0.2) is 4.79 Å². The molecule has 25 heavy (non-hydrogen) atoms. The highest BCUT2D eigenvalue weighted by Crippen LogP contribution is 2.38. The standard InChI is InChI=1S/C20H30N2O3/c1-13(2)25-19-10-14(3)4-5-16(19)12-21-20(23)22-17-8-9-24-18(11-17)15-6-7-15/h4-5,10,13,15,17-18H,6-9,11-12H2,1-3H3,(H2,21,22,23)/t17-,18-/m0/s1. The van der Waals surface area contributed by atoms with E-state index in [2.05, 4.69) is 10.6 Å². The lowest BCUT2D eigenvalue weighted by Gasteiger charge is -2.30. The van der Waals surface area contributed by atoms with Crippen LogP contribution in [0.5, 0.6) is 5.75 Å². The second-order valence-electron chi connectivity index (χ2n) is 7.57. The van der Waals surface area contributed by atoms with Crippen LogP contribution in [-0.4, -0.2) is 30.9 Å². The molecule has 1 heterocycles. The maximum Gasteiger partial charge on any atom is 0.315 e. The first-order chi connectivity index (χ1) is 12.0. The van der Waals surface area contributed by atoms with Gasteiger partial charge in [0.25, 0.3) is 0 Å². The van der Waals surface area contributed by atoms with E-state index in [-0.39, 0.29) is 18.2 Å². The van der Waals surface area contributed by atoms with Crippen LogP contribution >= 0.6 is 0 Å². The van der Waals surface area contributed by atoms with Crippen LogP contribution in [0, 0.1) is 12.8 Å². The molecule has 0 spiro atoms. The molecule has 1 aromatic rings. The van der Waals surface area contributed by atoms with Crippen molar-refractivity contribution in [3.63, 3.8) is 0 Å². The summed E-state index contributed by atoms with van der Waals surface area (Å²) in [5, 5.41) is 6.07. The van der Waals surface area contributed by atoms with Crippen LogP contribution in [0.25, 0.3) is 0 Å². The van der Waals surface area contributed by atoms with Crippen LogP contribution in [0.4, 0.5) is 4.79 Å². The van der Waals surface area contributed by atoms with Crippen molar-refractivity contribution < 1.29 is 14.3 Å². The molecule has 1 saturated heterocycles. The average molecular weight is 346 g/mol. The number of hydrogen-bond donors (Lipinski definition) is 2. The van der Waals surface area contributed by atoms with Gasteiger partial charge in [-0.15, -0.1) is 0 Å². The van der Waals surface area contributed by atoms with Crippen molar-refractivity contribution in [2.45, 2.75) is 71.2 Å². The molecule has 138 valence electrons. The van der Waals surface area contributed by atoms with Crippen molar-refractivity contribution >= 4 is 6.03 Å². The first-order valence-electron chi connectivity index (χ1n) is 9.43. The van der Waals surface area contributed by atoms with Crippen molar-refractivity contribution in [1.82, 2.24) is 10.6 Å². The van der Waals surface area contributed by atoms with E-state index < -0.39 is 0 Å². The fourth-order valence-corrected chi connectivity index (χ4v) is 3.34. The van der Waals surface area contributed by atoms with Gasteiger partial charge in [-0.2, -0.15) is 0 Å². The number of nitrogens with one attached hydrogen (secondary N) is 2. The van der Waals surface area contributed by atoms with Crippen LogP contribution in [-0.2, 0) is 11.3 Å². The molecule has 0 aromatic heterocycles. The van der Waals surface area contributed by atoms with Gasteiger partial charge >= 0.3 is 6.03 Å². The summed E-state index contributed by atoms with van der Waals surface area (Å²) in [4.78, 5) is 12.3. The molecule has 0 unspecified atom stereocenters. The van der Waals surface area contributed by atoms with Gasteiger partial charge in [0.2, 0.25) is 0 Å². The number of aryl methyl sites for hydroxylation is 1. The van der Waals surface area contributed by atoms with Gasteiger partial charge in [0.1, 0.15) is 5.75 Å². The maximum atomic E-state index is 12.3. The molecule has 1 saturated carbocycles. The van der Waals surface area contributed by atoms with Gasteiger partial charge in [-0.05, 0) is 64.0 Å². The van der Waals surface area contributed by atoms with E-state index >= 15 is 0 Å². The second kappa shape index (κ2) is 8.09. The Morgan fingerprint density at radius 2 is 2.12 bits per heavy atom. The molecule has 1 aromatic carbocycles. The van der Waals surface area contributed by atoms with Crippen molar-refractivity contribution in [3.05, 3.63) is 29.3 Å². The quantitative estimate of drug-likeness (QED) is 0.828. The van der Waals surface area contributed by atoms with Crippen molar-refractivity contribution in [2.75, 3.05) is 6.61 Å². The third-order valence-corrected chi connectivity index (χ3v) is 4.82. The number of benzene rings is 1. The molecule has 3 rings (SSSR count). The average Bonchev–Trinajstić information content (AvgIpc) is 3.39. The Labute approximate surface area is 150 Å². The normalized spacial score (nSPS) is 23.4. The van der Waals surface area contributed by atoms with Gasteiger partial charge in [0, 0.05) is 24.8 Å². The number of hydrogen-bond acceptors (Lipinski definition) is 3. The van der Waals surface area contributed by atoms with Crippen molar-refractivity contribution in [1.29, 1.82) is 0 Å². The summed E-state index contributed by atoms with van der Waals surface area (Å²) in [6.07, 6.45) is 4.82. The lowest BCUT2D eigenvalue weighted by atomic mass is 10.0. The number of rotatable bonds is 6. The molecule has 5 nitrogen and oxygen atoms in total. The summed E-state index contributed by atoms with van der Waals surface area (Å²) in [6, 6.07) is 6.18. The molecule has 0 radical (unpaired) electrons. The minimum absolute atomic E-state index is 0.107. The van der Waals surface area contributed by atoms with E-state index in [4.69, 9.17) is 9.47 Å². The molecular weight excluding hydrogens is 316 g/mol. The third kappa shape index (κ3) is 5.36. The summed E-state index contributed by atoms with van der Waals surface area (Å²) >= 11 is 0. The van der Waals surface area contributed by atoms with E-state index in [1.54, 1.807) is 0 Å². The molecular formula is C20H30N2O3. The number of carbonyl (C=O) groups excluding carboxylic acids is 1. The molecule has 2 N–H and O–H groups in total. The summed E-state index contributed by atoms with van der Waals surface area (Å²) in [6.45, 7) is 7.26. The molecule has 1 aliphatic heterocycles. The number of amides is 2. The van der Waals surface area contributed by atoms with Crippen molar-refractivity contribution in [2.24, 2.45) is 5.92 Å². The minimum atomic E-state index is -0.113. The largest absolute Gasteiger partial charge is 0.491 e. The second-order valence-corrected chi connectivity index (χ2v) is 7.57. The predicted octanol–water partition coefficient (Wildman–Crippen LogP) is 3.54. The van der Waals surface area contributed by atoms with E-state index in [9.17, 15) is 4.79 Å². The SMILES string of the molecule is Cc1ccc(CNC(=O)N[C@H]2CCO[C@H](C3CC3)C2)c(OC(C)C)c1. The lowest BCUT2D eigenvalue weighted by molar-refractivity contribution is -0.00914. The zero-order valence-corrected chi connectivity index (χ0v) is 15.5. The highest BCUT2D eigenvalue weighted by Gasteiger charge is 2.36. The maximum absolute atomic E-state index is 12.3. The summed E-state index contributed by atoms with van der Waals surface area (Å²) in [5.74, 6) is 1.56. The van der Waals surface area contributed by atoms with E-state index in [0.29, 0.717) is 12.6 Å². The van der Waals surface area contributed by atoms with Gasteiger partial charge in [-0.3, -0.25) is 0 Å². The minimum Gasteiger partial charge on any atom is -0.491 e. The first kappa shape index (κ1) is 18.1. The number of ether oxygens (including phenoxy) is 2. The van der Waals surface area contributed by atoms with Gasteiger partial charge in [-0.1, -0.05) is 12.1 Å². The monoisotopic (exact) mass is 346 g/mol. The highest BCUT2D eigenvalue weighted by molar-refractivity contribution is 5.74. The van der Waals surface area contributed by atoms with Crippen LogP contribution < -0.4 is 15.4 Å². The van der Waals surface area contributed by atoms with Gasteiger partial charge in [0.15, 0.2) is 0 Å². The Hall–Kier alpha value is -1.75. The Kier molecular flexibility index (Phi) is 5.84. The molecule has 2 fully saturated rings. The Balaban J connectivity index is 1.50. The van der Waals surface area contributed by atoms with E-state index in [1.165, 1.54) is 12.8 Å². The molecule has 2 atom stereocenters. The Morgan fingerprint density at radius 3 is 2.84 bits per heavy atom. The number of urea groups is 1. The smallest absolute Gasteiger partial charge is 0.315 e. The molecule has 0 bridgehead atoms. The molecule has 5 heteroatoms. The zero-order valence-electron chi connectivity index (χ0n) is 15.5. The van der Waals surface area contributed by atoms with Crippen LogP contribution in [0.2, 0.25) is 0 Å². The van der Waals surface area contributed by atoms with Crippen LogP contribution in [0.3, 0.4) is 0 Å². The summed E-state index contributed by atoms with van der Waals surface area (Å²) in [5.41, 5.74) is 2.15. The predicted molar refractivity (Wildman–Crippen MR) is 97.8 cm³/mol. The lowest BCUT2D eigenvalue weighted by Crippen LogP contribution is -2.46. The number of carbonyl (C=O) groups is 1. The fraction of sp³-hybridized carbons (Fsp3) is 0.650. The van der Waals surface area contributed by atoms with Gasteiger partial charge < -0.3 is 20.1 Å². The molecule has 2 aliphatic rings. The fourth-order valence-electron chi connectivity index (χ4n) is 3.34. The Morgan fingerprint density at radius 1 is 1.32 bits per heavy atom. The zero-order chi connectivity index (χ0) is 17.8. The van der Waals surface area contributed by atoms with E-state index in [1.807, 2.05) is 39.0 Å². The highest BCUT2D eigenvalue weighted by atomic mass is 16.5.